The van der Waals surface area contributed by atoms with Crippen LogP contribution in [0, 0.1) is 0 Å². The van der Waals surface area contributed by atoms with E-state index in [-0.39, 0.29) is 18.0 Å². The second kappa shape index (κ2) is 4.62. The number of aromatic nitrogens is 1. The third-order valence-electron chi connectivity index (χ3n) is 3.61. The van der Waals surface area contributed by atoms with Crippen molar-refractivity contribution in [2.24, 2.45) is 7.05 Å². The monoisotopic (exact) mass is 287 g/mol. The molecule has 1 aromatic heterocycles. The second-order valence-electron chi connectivity index (χ2n) is 4.89. The maximum Gasteiger partial charge on any atom is 0.352 e. The lowest BCUT2D eigenvalue weighted by atomic mass is 10.2. The number of nitrogens with zero attached hydrogens (tertiary/aromatic N) is 2. The highest BCUT2D eigenvalue weighted by Crippen LogP contribution is 2.26. The summed E-state index contributed by atoms with van der Waals surface area (Å²) in [5, 5.41) is 12.1. The van der Waals surface area contributed by atoms with Crippen molar-refractivity contribution in [1.29, 1.82) is 0 Å². The van der Waals surface area contributed by atoms with Gasteiger partial charge in [0, 0.05) is 36.6 Å². The first-order chi connectivity index (χ1) is 9.97. The van der Waals surface area contributed by atoms with Crippen LogP contribution in [0.2, 0.25) is 0 Å². The van der Waals surface area contributed by atoms with E-state index in [4.69, 9.17) is 5.11 Å². The van der Waals surface area contributed by atoms with Gasteiger partial charge in [-0.15, -0.1) is 0 Å². The zero-order valence-electron chi connectivity index (χ0n) is 11.3. The molecular formula is C14H13N3O4. The van der Waals surface area contributed by atoms with Gasteiger partial charge in [-0.3, -0.25) is 15.0 Å². The van der Waals surface area contributed by atoms with E-state index in [2.05, 4.69) is 5.32 Å². The van der Waals surface area contributed by atoms with Crippen LogP contribution in [0.3, 0.4) is 0 Å². The fourth-order valence-corrected chi connectivity index (χ4v) is 2.52. The Morgan fingerprint density at radius 2 is 2.05 bits per heavy atom. The number of nitrogens with one attached hydrogen (secondary N) is 1. The molecule has 7 heteroatoms. The van der Waals surface area contributed by atoms with Crippen molar-refractivity contribution >= 4 is 34.5 Å². The Hall–Kier alpha value is -2.83. The molecule has 2 aromatic rings. The summed E-state index contributed by atoms with van der Waals surface area (Å²) in [6, 6.07) is 6.36. The number of aryl methyl sites for hydroxylation is 1. The lowest BCUT2D eigenvalue weighted by molar-refractivity contribution is -0.120. The first-order valence-electron chi connectivity index (χ1n) is 6.41. The van der Waals surface area contributed by atoms with Crippen LogP contribution in [0.4, 0.5) is 10.5 Å². The van der Waals surface area contributed by atoms with Gasteiger partial charge >= 0.3 is 12.0 Å². The fraction of sp³-hybridized carbons (Fsp3) is 0.214. The number of fused-ring (bicyclic) bond motifs is 1. The maximum absolute atomic E-state index is 11.8. The number of carbonyl (C=O) groups is 3. The van der Waals surface area contributed by atoms with Gasteiger partial charge in [-0.25, -0.2) is 9.59 Å². The van der Waals surface area contributed by atoms with Crippen LogP contribution < -0.4 is 10.2 Å². The average molecular weight is 287 g/mol. The summed E-state index contributed by atoms with van der Waals surface area (Å²) < 4.78 is 1.58. The van der Waals surface area contributed by atoms with Crippen molar-refractivity contribution in [3.63, 3.8) is 0 Å². The molecule has 108 valence electrons. The third kappa shape index (κ3) is 2.12. The molecule has 0 spiro atoms. The van der Waals surface area contributed by atoms with E-state index in [0.29, 0.717) is 12.2 Å². The topological polar surface area (TPSA) is 91.6 Å². The molecule has 1 aliphatic rings. The minimum Gasteiger partial charge on any atom is -0.477 e. The smallest absolute Gasteiger partial charge is 0.352 e. The van der Waals surface area contributed by atoms with Gasteiger partial charge in [0.05, 0.1) is 0 Å². The van der Waals surface area contributed by atoms with Crippen molar-refractivity contribution in [1.82, 2.24) is 9.88 Å². The molecule has 2 N–H and O–H groups in total. The number of carboxylic acids is 1. The number of amides is 3. The van der Waals surface area contributed by atoms with Crippen LogP contribution in [0.5, 0.6) is 0 Å². The predicted octanol–water partition coefficient (Wildman–Crippen LogP) is 1.32. The Morgan fingerprint density at radius 1 is 1.29 bits per heavy atom. The number of anilines is 1. The number of carbonyl (C=O) groups excluding carboxylic acids is 2. The zero-order valence-corrected chi connectivity index (χ0v) is 11.3. The SMILES string of the molecule is Cn1c(C(=O)O)cc2cc(N3CCC(=O)NC3=O)ccc21. The summed E-state index contributed by atoms with van der Waals surface area (Å²) >= 11 is 0. The predicted molar refractivity (Wildman–Crippen MR) is 75.4 cm³/mol. The number of hydrogen-bond acceptors (Lipinski definition) is 3. The number of benzene rings is 1. The molecule has 0 unspecified atom stereocenters. The Bertz CT molecular complexity index is 778. The molecule has 0 saturated carbocycles. The molecule has 3 amide bonds. The molecular weight excluding hydrogens is 274 g/mol. The summed E-state index contributed by atoms with van der Waals surface area (Å²) in [4.78, 5) is 35.6. The van der Waals surface area contributed by atoms with Gasteiger partial charge in [0.15, 0.2) is 0 Å². The molecule has 1 saturated heterocycles. The van der Waals surface area contributed by atoms with Crippen molar-refractivity contribution in [2.45, 2.75) is 6.42 Å². The second-order valence-corrected chi connectivity index (χ2v) is 4.89. The lowest BCUT2D eigenvalue weighted by Crippen LogP contribution is -2.49. The van der Waals surface area contributed by atoms with E-state index in [1.807, 2.05) is 0 Å². The van der Waals surface area contributed by atoms with Gasteiger partial charge in [0.25, 0.3) is 0 Å². The summed E-state index contributed by atoms with van der Waals surface area (Å²) in [7, 11) is 1.68. The molecule has 21 heavy (non-hydrogen) atoms. The number of carboxylic acid groups (broad SMARTS) is 1. The molecule has 3 rings (SSSR count). The molecule has 1 aliphatic heterocycles. The largest absolute Gasteiger partial charge is 0.477 e. The van der Waals surface area contributed by atoms with Gasteiger partial charge in [-0.2, -0.15) is 0 Å². The average Bonchev–Trinajstić information content (AvgIpc) is 2.76. The Kier molecular flexibility index (Phi) is 2.90. The van der Waals surface area contributed by atoms with Crippen LogP contribution in [-0.2, 0) is 11.8 Å². The molecule has 7 nitrogen and oxygen atoms in total. The highest BCUT2D eigenvalue weighted by Gasteiger charge is 2.24. The molecule has 0 aliphatic carbocycles. The summed E-state index contributed by atoms with van der Waals surface area (Å²) in [6.07, 6.45) is 0.249. The number of imide groups is 1. The Morgan fingerprint density at radius 3 is 2.71 bits per heavy atom. The van der Waals surface area contributed by atoms with Crippen molar-refractivity contribution in [3.05, 3.63) is 30.0 Å². The van der Waals surface area contributed by atoms with Crippen LogP contribution in [0.15, 0.2) is 24.3 Å². The highest BCUT2D eigenvalue weighted by atomic mass is 16.4. The quantitative estimate of drug-likeness (QED) is 0.871. The van der Waals surface area contributed by atoms with E-state index in [1.165, 1.54) is 4.90 Å². The maximum atomic E-state index is 11.8. The number of aromatic carboxylic acids is 1. The van der Waals surface area contributed by atoms with E-state index < -0.39 is 12.0 Å². The van der Waals surface area contributed by atoms with E-state index in [0.717, 1.165) is 10.9 Å². The molecule has 0 radical (unpaired) electrons. The van der Waals surface area contributed by atoms with Crippen LogP contribution in [0.1, 0.15) is 16.9 Å². The van der Waals surface area contributed by atoms with E-state index in [1.54, 1.807) is 35.9 Å². The van der Waals surface area contributed by atoms with E-state index in [9.17, 15) is 14.4 Å². The fourth-order valence-electron chi connectivity index (χ4n) is 2.52. The van der Waals surface area contributed by atoms with Gasteiger partial charge < -0.3 is 9.67 Å². The molecule has 0 atom stereocenters. The van der Waals surface area contributed by atoms with Crippen molar-refractivity contribution < 1.29 is 19.5 Å². The van der Waals surface area contributed by atoms with Gasteiger partial charge in [-0.05, 0) is 24.3 Å². The van der Waals surface area contributed by atoms with Gasteiger partial charge in [0.2, 0.25) is 5.91 Å². The third-order valence-corrected chi connectivity index (χ3v) is 3.61. The van der Waals surface area contributed by atoms with E-state index >= 15 is 0 Å². The first-order valence-corrected chi connectivity index (χ1v) is 6.41. The van der Waals surface area contributed by atoms with Gasteiger partial charge in [0.1, 0.15) is 5.69 Å². The molecule has 2 heterocycles. The van der Waals surface area contributed by atoms with Gasteiger partial charge in [-0.1, -0.05) is 0 Å². The summed E-state index contributed by atoms with van der Waals surface area (Å²) in [6.45, 7) is 0.314. The summed E-state index contributed by atoms with van der Waals surface area (Å²) in [5.74, 6) is -1.29. The minimum atomic E-state index is -1.00. The van der Waals surface area contributed by atoms with Crippen molar-refractivity contribution in [2.75, 3.05) is 11.4 Å². The standard InChI is InChI=1S/C14H13N3O4/c1-16-10-3-2-9(6-8(10)7-11(16)13(19)20)17-5-4-12(18)15-14(17)21/h2-3,6-7H,4-5H2,1H3,(H,19,20)(H,15,18,21). The number of rotatable bonds is 2. The van der Waals surface area contributed by atoms with Crippen LogP contribution in [-0.4, -0.2) is 34.1 Å². The normalized spacial score (nSPS) is 15.4. The number of urea groups is 1. The Balaban J connectivity index is 2.03. The molecule has 0 bridgehead atoms. The van der Waals surface area contributed by atoms with Crippen molar-refractivity contribution in [3.8, 4) is 0 Å². The van der Waals surface area contributed by atoms with Crippen LogP contribution in [0.25, 0.3) is 10.9 Å². The summed E-state index contributed by atoms with van der Waals surface area (Å²) in [5.41, 5.74) is 1.58. The molecule has 1 fully saturated rings. The lowest BCUT2D eigenvalue weighted by Gasteiger charge is -2.26. The highest BCUT2D eigenvalue weighted by molar-refractivity contribution is 6.06. The Labute approximate surface area is 119 Å². The molecule has 1 aromatic carbocycles. The zero-order chi connectivity index (χ0) is 15.1. The first kappa shape index (κ1) is 13.2. The minimum absolute atomic E-state index is 0.181. The number of hydrogen-bond donors (Lipinski definition) is 2. The van der Waals surface area contributed by atoms with Crippen LogP contribution >= 0.6 is 0 Å².